The molecule has 3 rings (SSSR count). The molecule has 2 unspecified atom stereocenters. The molecule has 3 heteroatoms. The number of nitrogens with zero attached hydrogens (tertiary/aromatic N) is 2. The molecule has 2 atom stereocenters. The molecule has 3 nitrogen and oxygen atoms in total. The molecule has 0 aromatic carbocycles. The third kappa shape index (κ3) is 2.38. The molecule has 1 saturated heterocycles. The average molecular weight is 273 g/mol. The van der Waals surface area contributed by atoms with E-state index < -0.39 is 0 Å². The SMILES string of the molecule is CC(C)(C(N)C1CCc2cccnc21)N1CCCCC1. The van der Waals surface area contributed by atoms with E-state index in [9.17, 15) is 0 Å². The molecule has 2 aliphatic rings. The molecule has 0 radical (unpaired) electrons. The molecule has 110 valence electrons. The standard InChI is InChI=1S/C17H27N3/c1-17(2,20-11-4-3-5-12-20)16(18)14-9-8-13-7-6-10-19-15(13)14/h6-7,10,14,16H,3-5,8-9,11-12,18H2,1-2H3. The van der Waals surface area contributed by atoms with Crippen LogP contribution in [0, 0.1) is 0 Å². The van der Waals surface area contributed by atoms with Crippen molar-refractivity contribution in [3.8, 4) is 0 Å². The summed E-state index contributed by atoms with van der Waals surface area (Å²) in [5.41, 5.74) is 9.44. The number of likely N-dealkylation sites (tertiary alicyclic amines) is 1. The molecule has 0 saturated carbocycles. The van der Waals surface area contributed by atoms with Gasteiger partial charge in [0, 0.05) is 29.4 Å². The van der Waals surface area contributed by atoms with Crippen LogP contribution in [-0.4, -0.2) is 34.6 Å². The Hall–Kier alpha value is -0.930. The molecule has 1 fully saturated rings. The third-order valence-corrected chi connectivity index (χ3v) is 5.42. The Kier molecular flexibility index (Phi) is 3.83. The summed E-state index contributed by atoms with van der Waals surface area (Å²) in [4.78, 5) is 7.22. The van der Waals surface area contributed by atoms with Crippen LogP contribution >= 0.6 is 0 Å². The molecule has 1 aromatic heterocycles. The minimum absolute atomic E-state index is 0.0597. The number of nitrogens with two attached hydrogens (primary N) is 1. The molecule has 2 N–H and O–H groups in total. The highest BCUT2D eigenvalue weighted by molar-refractivity contribution is 5.31. The maximum Gasteiger partial charge on any atom is 0.0482 e. The minimum atomic E-state index is 0.0597. The maximum atomic E-state index is 6.72. The summed E-state index contributed by atoms with van der Waals surface area (Å²) >= 11 is 0. The summed E-state index contributed by atoms with van der Waals surface area (Å²) in [5.74, 6) is 0.420. The predicted octanol–water partition coefficient (Wildman–Crippen LogP) is 2.70. The van der Waals surface area contributed by atoms with Gasteiger partial charge in [-0.25, -0.2) is 0 Å². The third-order valence-electron chi connectivity index (χ3n) is 5.42. The fourth-order valence-electron chi connectivity index (χ4n) is 3.97. The summed E-state index contributed by atoms with van der Waals surface area (Å²) in [5, 5.41) is 0. The zero-order valence-electron chi connectivity index (χ0n) is 12.8. The zero-order chi connectivity index (χ0) is 14.2. The lowest BCUT2D eigenvalue weighted by molar-refractivity contribution is 0.0644. The highest BCUT2D eigenvalue weighted by Gasteiger charge is 2.41. The Labute approximate surface area is 122 Å². The molecule has 1 aliphatic heterocycles. The summed E-state index contributed by atoms with van der Waals surface area (Å²) in [6, 6.07) is 4.42. The fraction of sp³-hybridized carbons (Fsp3) is 0.706. The van der Waals surface area contributed by atoms with Gasteiger partial charge in [0.05, 0.1) is 0 Å². The minimum Gasteiger partial charge on any atom is -0.326 e. The molecule has 1 aliphatic carbocycles. The van der Waals surface area contributed by atoms with Gasteiger partial charge in [-0.2, -0.15) is 0 Å². The highest BCUT2D eigenvalue weighted by Crippen LogP contribution is 2.38. The van der Waals surface area contributed by atoms with E-state index in [1.54, 1.807) is 0 Å². The van der Waals surface area contributed by atoms with E-state index in [2.05, 4.69) is 29.8 Å². The van der Waals surface area contributed by atoms with Crippen molar-refractivity contribution in [2.45, 2.75) is 63.5 Å². The number of piperidine rings is 1. The Morgan fingerprint density at radius 3 is 2.80 bits per heavy atom. The van der Waals surface area contributed by atoms with Crippen molar-refractivity contribution in [1.29, 1.82) is 0 Å². The molecular formula is C17H27N3. The second kappa shape index (κ2) is 5.45. The second-order valence-electron chi connectivity index (χ2n) is 6.92. The lowest BCUT2D eigenvalue weighted by Gasteiger charge is -2.46. The van der Waals surface area contributed by atoms with Crippen molar-refractivity contribution in [3.63, 3.8) is 0 Å². The number of aromatic nitrogens is 1. The van der Waals surface area contributed by atoms with E-state index in [1.807, 2.05) is 12.3 Å². The largest absolute Gasteiger partial charge is 0.326 e. The van der Waals surface area contributed by atoms with Crippen LogP contribution in [0.2, 0.25) is 0 Å². The van der Waals surface area contributed by atoms with Crippen molar-refractivity contribution in [2.24, 2.45) is 5.73 Å². The first-order valence-corrected chi connectivity index (χ1v) is 8.05. The van der Waals surface area contributed by atoms with Gasteiger partial charge in [0.15, 0.2) is 0 Å². The van der Waals surface area contributed by atoms with E-state index in [1.165, 1.54) is 43.6 Å². The highest BCUT2D eigenvalue weighted by atomic mass is 15.2. The van der Waals surface area contributed by atoms with Crippen LogP contribution in [0.3, 0.4) is 0 Å². The van der Waals surface area contributed by atoms with Gasteiger partial charge < -0.3 is 5.73 Å². The van der Waals surface area contributed by atoms with Crippen LogP contribution in [0.25, 0.3) is 0 Å². The molecule has 1 aromatic rings. The van der Waals surface area contributed by atoms with Crippen molar-refractivity contribution in [1.82, 2.24) is 9.88 Å². The Morgan fingerprint density at radius 1 is 1.30 bits per heavy atom. The lowest BCUT2D eigenvalue weighted by atomic mass is 9.81. The van der Waals surface area contributed by atoms with E-state index in [0.717, 1.165) is 12.8 Å². The topological polar surface area (TPSA) is 42.1 Å². The van der Waals surface area contributed by atoms with Gasteiger partial charge in [-0.3, -0.25) is 9.88 Å². The van der Waals surface area contributed by atoms with Crippen LogP contribution < -0.4 is 5.73 Å². The Balaban J connectivity index is 1.80. The first-order valence-electron chi connectivity index (χ1n) is 8.05. The van der Waals surface area contributed by atoms with Gasteiger partial charge in [-0.1, -0.05) is 12.5 Å². The monoisotopic (exact) mass is 273 g/mol. The van der Waals surface area contributed by atoms with Crippen molar-refractivity contribution >= 4 is 0 Å². The first-order chi connectivity index (χ1) is 9.60. The quantitative estimate of drug-likeness (QED) is 0.920. The van der Waals surface area contributed by atoms with E-state index >= 15 is 0 Å². The molecule has 20 heavy (non-hydrogen) atoms. The van der Waals surface area contributed by atoms with Crippen LogP contribution in [0.1, 0.15) is 56.7 Å². The molecular weight excluding hydrogens is 246 g/mol. The maximum absolute atomic E-state index is 6.72. The number of hydrogen-bond acceptors (Lipinski definition) is 3. The number of pyridine rings is 1. The summed E-state index contributed by atoms with van der Waals surface area (Å²) in [7, 11) is 0. The predicted molar refractivity (Wildman–Crippen MR) is 82.8 cm³/mol. The van der Waals surface area contributed by atoms with Gasteiger partial charge in [0.1, 0.15) is 0 Å². The van der Waals surface area contributed by atoms with Crippen LogP contribution in [0.15, 0.2) is 18.3 Å². The van der Waals surface area contributed by atoms with E-state index in [-0.39, 0.29) is 11.6 Å². The lowest BCUT2D eigenvalue weighted by Crippen LogP contribution is -2.59. The van der Waals surface area contributed by atoms with Crippen molar-refractivity contribution in [3.05, 3.63) is 29.6 Å². The van der Waals surface area contributed by atoms with Crippen molar-refractivity contribution in [2.75, 3.05) is 13.1 Å². The van der Waals surface area contributed by atoms with Crippen LogP contribution in [0.4, 0.5) is 0 Å². The smallest absolute Gasteiger partial charge is 0.0482 e. The molecule has 0 spiro atoms. The second-order valence-corrected chi connectivity index (χ2v) is 6.92. The Morgan fingerprint density at radius 2 is 2.05 bits per heavy atom. The summed E-state index contributed by atoms with van der Waals surface area (Å²) < 4.78 is 0. The Bertz CT molecular complexity index is 463. The number of hydrogen-bond donors (Lipinski definition) is 1. The number of aryl methyl sites for hydroxylation is 1. The number of fused-ring (bicyclic) bond motifs is 1. The van der Waals surface area contributed by atoms with Crippen LogP contribution in [0.5, 0.6) is 0 Å². The molecule has 0 amide bonds. The zero-order valence-corrected chi connectivity index (χ0v) is 12.8. The summed E-state index contributed by atoms with van der Waals surface area (Å²) in [6.07, 6.45) is 8.21. The van der Waals surface area contributed by atoms with Crippen LogP contribution in [-0.2, 0) is 6.42 Å². The van der Waals surface area contributed by atoms with Gasteiger partial charge >= 0.3 is 0 Å². The molecule has 0 bridgehead atoms. The van der Waals surface area contributed by atoms with Gasteiger partial charge in [-0.15, -0.1) is 0 Å². The normalized spacial score (nSPS) is 25.4. The average Bonchev–Trinajstić information content (AvgIpc) is 2.91. The van der Waals surface area contributed by atoms with Gasteiger partial charge in [0.25, 0.3) is 0 Å². The first kappa shape index (κ1) is 14.0. The molecule has 2 heterocycles. The van der Waals surface area contributed by atoms with Gasteiger partial charge in [0.2, 0.25) is 0 Å². The van der Waals surface area contributed by atoms with Gasteiger partial charge in [-0.05, 0) is 64.3 Å². The van der Waals surface area contributed by atoms with E-state index in [0.29, 0.717) is 5.92 Å². The summed E-state index contributed by atoms with van der Waals surface area (Å²) in [6.45, 7) is 7.04. The number of rotatable bonds is 3. The van der Waals surface area contributed by atoms with Crippen molar-refractivity contribution < 1.29 is 0 Å². The fourth-order valence-corrected chi connectivity index (χ4v) is 3.97. The van der Waals surface area contributed by atoms with E-state index in [4.69, 9.17) is 5.73 Å².